The summed E-state index contributed by atoms with van der Waals surface area (Å²) in [5.74, 6) is 0.725. The van der Waals surface area contributed by atoms with Crippen LogP contribution in [-0.2, 0) is 6.54 Å². The summed E-state index contributed by atoms with van der Waals surface area (Å²) in [7, 11) is 0. The fraction of sp³-hybridized carbons (Fsp3) is 0.550. The van der Waals surface area contributed by atoms with Gasteiger partial charge in [0.2, 0.25) is 0 Å². The highest BCUT2D eigenvalue weighted by Crippen LogP contribution is 2.18. The van der Waals surface area contributed by atoms with Crippen LogP contribution in [0.5, 0.6) is 0 Å². The molecule has 0 radical (unpaired) electrons. The Kier molecular flexibility index (Phi) is 8.26. The molecule has 7 nitrogen and oxygen atoms in total. The van der Waals surface area contributed by atoms with Crippen molar-refractivity contribution in [1.29, 1.82) is 0 Å². The summed E-state index contributed by atoms with van der Waals surface area (Å²) >= 11 is 0. The maximum absolute atomic E-state index is 10.8. The van der Waals surface area contributed by atoms with E-state index in [4.69, 9.17) is 0 Å². The van der Waals surface area contributed by atoms with E-state index in [1.54, 1.807) is 11.0 Å². The lowest BCUT2D eigenvalue weighted by molar-refractivity contribution is 0.0257. The summed E-state index contributed by atoms with van der Waals surface area (Å²) in [6.07, 6.45) is 6.70. The molecule has 0 aliphatic carbocycles. The predicted molar refractivity (Wildman–Crippen MR) is 109 cm³/mol. The maximum atomic E-state index is 10.8. The number of nitrogens with one attached hydrogen (secondary N) is 2. The van der Waals surface area contributed by atoms with Crippen molar-refractivity contribution in [3.05, 3.63) is 42.5 Å². The van der Waals surface area contributed by atoms with Gasteiger partial charge in [-0.15, -0.1) is 0 Å². The average molecular weight is 373 g/mol. The van der Waals surface area contributed by atoms with E-state index in [2.05, 4.69) is 39.6 Å². The maximum Gasteiger partial charge on any atom is 0.191 e. The first-order valence-corrected chi connectivity index (χ1v) is 9.78. The van der Waals surface area contributed by atoms with Gasteiger partial charge < -0.3 is 15.7 Å². The lowest BCUT2D eigenvalue weighted by Gasteiger charge is -2.28. The Morgan fingerprint density at radius 2 is 1.81 bits per heavy atom. The molecule has 3 N–H and O–H groups in total. The highest BCUT2D eigenvalue weighted by atomic mass is 16.3. The minimum atomic E-state index is -0.681. The largest absolute Gasteiger partial charge is 0.388 e. The normalized spacial score (nSPS) is 12.2. The van der Waals surface area contributed by atoms with Crippen LogP contribution in [0.3, 0.4) is 0 Å². The second-order valence-electron chi connectivity index (χ2n) is 6.78. The highest BCUT2D eigenvalue weighted by molar-refractivity contribution is 5.79. The molecule has 0 saturated heterocycles. The molecule has 2 aromatic rings. The number of hydrogen-bond acceptors (Lipinski definition) is 4. The lowest BCUT2D eigenvalue weighted by atomic mass is 9.93. The monoisotopic (exact) mass is 372 g/mol. The summed E-state index contributed by atoms with van der Waals surface area (Å²) in [6.45, 7) is 8.08. The summed E-state index contributed by atoms with van der Waals surface area (Å²) < 4.78 is 1.72. The van der Waals surface area contributed by atoms with Gasteiger partial charge in [0.1, 0.15) is 12.7 Å². The molecule has 0 saturated carbocycles. The molecule has 0 atom stereocenters. The Morgan fingerprint density at radius 3 is 2.37 bits per heavy atom. The second-order valence-corrected chi connectivity index (χ2v) is 6.78. The van der Waals surface area contributed by atoms with E-state index < -0.39 is 5.60 Å². The lowest BCUT2D eigenvalue weighted by Crippen LogP contribution is -2.47. The van der Waals surface area contributed by atoms with Gasteiger partial charge in [-0.05, 0) is 37.5 Å². The first-order chi connectivity index (χ1) is 13.1. The minimum Gasteiger partial charge on any atom is -0.388 e. The van der Waals surface area contributed by atoms with Crippen LogP contribution in [-0.4, -0.2) is 44.5 Å². The molecule has 0 unspecified atom stereocenters. The Labute approximate surface area is 161 Å². The van der Waals surface area contributed by atoms with Crippen LogP contribution in [0.1, 0.15) is 52.0 Å². The minimum absolute atomic E-state index is 0.506. The number of nitrogens with zero attached hydrogens (tertiary/aromatic N) is 4. The summed E-state index contributed by atoms with van der Waals surface area (Å²) in [4.78, 5) is 8.61. The zero-order valence-corrected chi connectivity index (χ0v) is 16.6. The van der Waals surface area contributed by atoms with Gasteiger partial charge in [0.05, 0.1) is 17.8 Å². The molecule has 1 heterocycles. The molecule has 148 valence electrons. The number of aliphatic imine (C=N–C) groups is 1. The van der Waals surface area contributed by atoms with Crippen LogP contribution < -0.4 is 10.6 Å². The second kappa shape index (κ2) is 10.7. The van der Waals surface area contributed by atoms with E-state index >= 15 is 0 Å². The third-order valence-electron chi connectivity index (χ3n) is 4.40. The Balaban J connectivity index is 1.97. The number of hydrogen-bond donors (Lipinski definition) is 3. The Hall–Kier alpha value is -2.41. The van der Waals surface area contributed by atoms with Crippen molar-refractivity contribution in [1.82, 2.24) is 25.4 Å². The van der Waals surface area contributed by atoms with Crippen molar-refractivity contribution in [2.24, 2.45) is 4.99 Å². The number of aliphatic hydroxyl groups is 1. The van der Waals surface area contributed by atoms with Crippen molar-refractivity contribution < 1.29 is 5.11 Å². The molecule has 0 amide bonds. The van der Waals surface area contributed by atoms with E-state index in [1.165, 1.54) is 6.33 Å². The van der Waals surface area contributed by atoms with Gasteiger partial charge in [0.25, 0.3) is 0 Å². The van der Waals surface area contributed by atoms with Crippen molar-refractivity contribution >= 4 is 5.96 Å². The van der Waals surface area contributed by atoms with E-state index in [0.29, 0.717) is 13.1 Å². The third-order valence-corrected chi connectivity index (χ3v) is 4.40. The van der Waals surface area contributed by atoms with Gasteiger partial charge in [-0.1, -0.05) is 38.8 Å². The Bertz CT molecular complexity index is 675. The van der Waals surface area contributed by atoms with Crippen molar-refractivity contribution in [3.63, 3.8) is 0 Å². The predicted octanol–water partition coefficient (Wildman–Crippen LogP) is 2.65. The van der Waals surface area contributed by atoms with E-state index in [0.717, 1.165) is 49.4 Å². The van der Waals surface area contributed by atoms with Gasteiger partial charge in [-0.2, -0.15) is 5.10 Å². The van der Waals surface area contributed by atoms with E-state index in [9.17, 15) is 5.11 Å². The van der Waals surface area contributed by atoms with Crippen LogP contribution in [0.4, 0.5) is 0 Å². The molecule has 7 heteroatoms. The van der Waals surface area contributed by atoms with Gasteiger partial charge in [0, 0.05) is 13.1 Å². The SMILES string of the molecule is CCCC(O)(CCC)CNC(=NCc1ccc(-n2cncn2)cc1)NCC. The van der Waals surface area contributed by atoms with Gasteiger partial charge >= 0.3 is 0 Å². The van der Waals surface area contributed by atoms with Crippen LogP contribution in [0.2, 0.25) is 0 Å². The summed E-state index contributed by atoms with van der Waals surface area (Å²) in [6, 6.07) is 8.07. The van der Waals surface area contributed by atoms with E-state index in [1.807, 2.05) is 31.2 Å². The molecule has 0 fully saturated rings. The summed E-state index contributed by atoms with van der Waals surface area (Å²) in [5.41, 5.74) is 1.39. The van der Waals surface area contributed by atoms with E-state index in [-0.39, 0.29) is 0 Å². The molecule has 0 bridgehead atoms. The standard InChI is InChI=1S/C20H32N6O/c1-4-11-20(27,12-5-2)14-24-19(22-6-3)23-13-17-7-9-18(10-8-17)26-16-21-15-25-26/h7-10,15-16,27H,4-6,11-14H2,1-3H3,(H2,22,23,24). The molecule has 1 aromatic heterocycles. The zero-order valence-electron chi connectivity index (χ0n) is 16.6. The molecule has 0 spiro atoms. The average Bonchev–Trinajstić information content (AvgIpc) is 3.20. The zero-order chi connectivity index (χ0) is 19.5. The Morgan fingerprint density at radius 1 is 1.11 bits per heavy atom. The van der Waals surface area contributed by atoms with Gasteiger partial charge in [-0.3, -0.25) is 0 Å². The van der Waals surface area contributed by atoms with Gasteiger partial charge in [0.15, 0.2) is 5.96 Å². The van der Waals surface area contributed by atoms with Crippen molar-refractivity contribution in [2.75, 3.05) is 13.1 Å². The molecule has 0 aliphatic heterocycles. The number of aromatic nitrogens is 3. The van der Waals surface area contributed by atoms with Crippen LogP contribution >= 0.6 is 0 Å². The van der Waals surface area contributed by atoms with Crippen LogP contribution in [0, 0.1) is 0 Å². The highest BCUT2D eigenvalue weighted by Gasteiger charge is 2.24. The molecule has 2 rings (SSSR count). The van der Waals surface area contributed by atoms with Crippen molar-refractivity contribution in [2.45, 2.75) is 58.6 Å². The quantitative estimate of drug-likeness (QED) is 0.441. The molecular formula is C20H32N6O. The molecule has 1 aromatic carbocycles. The number of guanidine groups is 1. The number of benzene rings is 1. The number of rotatable bonds is 10. The molecule has 27 heavy (non-hydrogen) atoms. The summed E-state index contributed by atoms with van der Waals surface area (Å²) in [5, 5.41) is 21.5. The van der Waals surface area contributed by atoms with Crippen LogP contribution in [0.25, 0.3) is 5.69 Å². The van der Waals surface area contributed by atoms with Crippen molar-refractivity contribution in [3.8, 4) is 5.69 Å². The fourth-order valence-electron chi connectivity index (χ4n) is 3.09. The third kappa shape index (κ3) is 6.67. The first-order valence-electron chi connectivity index (χ1n) is 9.78. The topological polar surface area (TPSA) is 87.4 Å². The first kappa shape index (κ1) is 20.9. The fourth-order valence-corrected chi connectivity index (χ4v) is 3.09. The smallest absolute Gasteiger partial charge is 0.191 e. The van der Waals surface area contributed by atoms with Crippen LogP contribution in [0.15, 0.2) is 41.9 Å². The van der Waals surface area contributed by atoms with Gasteiger partial charge in [-0.25, -0.2) is 14.7 Å². The molecule has 0 aliphatic rings. The molecular weight excluding hydrogens is 340 g/mol.